The van der Waals surface area contributed by atoms with Crippen molar-refractivity contribution in [2.75, 3.05) is 11.5 Å². The fourth-order valence-corrected chi connectivity index (χ4v) is 3.37. The number of carbonyl (C=O) groups is 1. The summed E-state index contributed by atoms with van der Waals surface area (Å²) in [4.78, 5) is 12.0. The molecule has 1 atom stereocenters. The maximum absolute atomic E-state index is 12.0. The van der Waals surface area contributed by atoms with E-state index in [-0.39, 0.29) is 11.7 Å². The molecular formula is C11H10Cl2OS. The van der Waals surface area contributed by atoms with Gasteiger partial charge in [0, 0.05) is 22.3 Å². The van der Waals surface area contributed by atoms with Gasteiger partial charge in [-0.2, -0.15) is 11.8 Å². The van der Waals surface area contributed by atoms with Gasteiger partial charge in [-0.15, -0.1) is 0 Å². The SMILES string of the molecule is O=C(c1ccc(Cl)cc1Cl)C1CCSC1. The van der Waals surface area contributed by atoms with Crippen molar-refractivity contribution < 1.29 is 4.79 Å². The van der Waals surface area contributed by atoms with Crippen LogP contribution in [0, 0.1) is 5.92 Å². The highest BCUT2D eigenvalue weighted by molar-refractivity contribution is 7.99. The molecule has 0 radical (unpaired) electrons. The summed E-state index contributed by atoms with van der Waals surface area (Å²) in [5.74, 6) is 2.27. The van der Waals surface area contributed by atoms with Crippen molar-refractivity contribution >= 4 is 40.7 Å². The van der Waals surface area contributed by atoms with Crippen LogP contribution in [-0.4, -0.2) is 17.3 Å². The number of halogens is 2. The van der Waals surface area contributed by atoms with Gasteiger partial charge in [-0.05, 0) is 30.4 Å². The molecule has 0 N–H and O–H groups in total. The monoisotopic (exact) mass is 260 g/mol. The van der Waals surface area contributed by atoms with Crippen LogP contribution >= 0.6 is 35.0 Å². The Labute approximate surface area is 103 Å². The number of ketones is 1. The second-order valence-corrected chi connectivity index (χ2v) is 5.54. The van der Waals surface area contributed by atoms with Gasteiger partial charge in [-0.1, -0.05) is 23.2 Å². The van der Waals surface area contributed by atoms with Crippen LogP contribution in [0.2, 0.25) is 10.0 Å². The first-order chi connectivity index (χ1) is 7.18. The normalized spacial score (nSPS) is 20.5. The van der Waals surface area contributed by atoms with E-state index in [4.69, 9.17) is 23.2 Å². The first-order valence-electron chi connectivity index (χ1n) is 4.75. The van der Waals surface area contributed by atoms with Gasteiger partial charge in [0.15, 0.2) is 5.78 Å². The average Bonchev–Trinajstić information content (AvgIpc) is 2.69. The number of Topliss-reactive ketones (excluding diaryl/α,β-unsaturated/α-hetero) is 1. The van der Waals surface area contributed by atoms with Crippen molar-refractivity contribution in [1.29, 1.82) is 0 Å². The van der Waals surface area contributed by atoms with Crippen molar-refractivity contribution in [2.45, 2.75) is 6.42 Å². The molecule has 1 nitrogen and oxygen atoms in total. The number of benzene rings is 1. The Morgan fingerprint density at radius 1 is 1.40 bits per heavy atom. The van der Waals surface area contributed by atoms with E-state index in [0.29, 0.717) is 15.6 Å². The van der Waals surface area contributed by atoms with Crippen molar-refractivity contribution in [3.63, 3.8) is 0 Å². The minimum absolute atomic E-state index is 0.133. The molecular weight excluding hydrogens is 251 g/mol. The standard InChI is InChI=1S/C11H10Cl2OS/c12-8-1-2-9(10(13)5-8)11(14)7-3-4-15-6-7/h1-2,5,7H,3-4,6H2. The molecule has 2 rings (SSSR count). The predicted octanol–water partition coefficient (Wildman–Crippen LogP) is 3.93. The summed E-state index contributed by atoms with van der Waals surface area (Å²) in [6.45, 7) is 0. The summed E-state index contributed by atoms with van der Waals surface area (Å²) >= 11 is 13.6. The zero-order valence-corrected chi connectivity index (χ0v) is 10.3. The fraction of sp³-hybridized carbons (Fsp3) is 0.364. The lowest BCUT2D eigenvalue weighted by Gasteiger charge is -2.08. The lowest BCUT2D eigenvalue weighted by Crippen LogP contribution is -2.14. The largest absolute Gasteiger partial charge is 0.294 e. The average molecular weight is 261 g/mol. The molecule has 1 unspecified atom stereocenters. The Morgan fingerprint density at radius 2 is 2.20 bits per heavy atom. The molecule has 15 heavy (non-hydrogen) atoms. The molecule has 1 aromatic carbocycles. The number of rotatable bonds is 2. The van der Waals surface area contributed by atoms with E-state index in [9.17, 15) is 4.79 Å². The molecule has 0 aliphatic carbocycles. The molecule has 0 spiro atoms. The van der Waals surface area contributed by atoms with E-state index >= 15 is 0 Å². The van der Waals surface area contributed by atoms with Gasteiger partial charge in [0.1, 0.15) is 0 Å². The Morgan fingerprint density at radius 3 is 2.80 bits per heavy atom. The Kier molecular flexibility index (Phi) is 3.60. The highest BCUT2D eigenvalue weighted by Crippen LogP contribution is 2.30. The third-order valence-electron chi connectivity index (χ3n) is 2.50. The second kappa shape index (κ2) is 4.77. The second-order valence-electron chi connectivity index (χ2n) is 3.55. The van der Waals surface area contributed by atoms with Crippen molar-refractivity contribution in [3.8, 4) is 0 Å². The third-order valence-corrected chi connectivity index (χ3v) is 4.21. The van der Waals surface area contributed by atoms with Crippen LogP contribution in [0.4, 0.5) is 0 Å². The zero-order chi connectivity index (χ0) is 10.8. The minimum atomic E-state index is 0.133. The van der Waals surface area contributed by atoms with Gasteiger partial charge >= 0.3 is 0 Å². The molecule has 1 saturated heterocycles. The maximum atomic E-state index is 12.0. The lowest BCUT2D eigenvalue weighted by atomic mass is 9.97. The third kappa shape index (κ3) is 2.49. The van der Waals surface area contributed by atoms with Crippen molar-refractivity contribution in [2.24, 2.45) is 5.92 Å². The Balaban J connectivity index is 2.24. The summed E-state index contributed by atoms with van der Waals surface area (Å²) in [5, 5.41) is 1.03. The van der Waals surface area contributed by atoms with Crippen molar-refractivity contribution in [1.82, 2.24) is 0 Å². The van der Waals surface area contributed by atoms with Crippen molar-refractivity contribution in [3.05, 3.63) is 33.8 Å². The topological polar surface area (TPSA) is 17.1 Å². The van der Waals surface area contributed by atoms with E-state index in [1.165, 1.54) is 0 Å². The fourth-order valence-electron chi connectivity index (χ4n) is 1.65. The quantitative estimate of drug-likeness (QED) is 0.750. The number of carbonyl (C=O) groups excluding carboxylic acids is 1. The molecule has 1 heterocycles. The van der Waals surface area contributed by atoms with Gasteiger partial charge in [0.25, 0.3) is 0 Å². The summed E-state index contributed by atoms with van der Waals surface area (Å²) in [5.41, 5.74) is 0.605. The molecule has 0 aromatic heterocycles. The van der Waals surface area contributed by atoms with Crippen LogP contribution < -0.4 is 0 Å². The highest BCUT2D eigenvalue weighted by atomic mass is 35.5. The van der Waals surface area contributed by atoms with Crippen LogP contribution in [0.3, 0.4) is 0 Å². The molecule has 1 fully saturated rings. The maximum Gasteiger partial charge on any atom is 0.168 e. The molecule has 0 bridgehead atoms. The molecule has 1 aliphatic heterocycles. The van der Waals surface area contributed by atoms with Gasteiger partial charge in [-0.25, -0.2) is 0 Å². The van der Waals surface area contributed by atoms with E-state index < -0.39 is 0 Å². The Bertz CT molecular complexity index is 386. The minimum Gasteiger partial charge on any atom is -0.294 e. The molecule has 80 valence electrons. The van der Waals surface area contributed by atoms with E-state index in [2.05, 4.69) is 0 Å². The van der Waals surface area contributed by atoms with Crippen LogP contribution in [0.1, 0.15) is 16.8 Å². The van der Waals surface area contributed by atoms with Crippen LogP contribution in [0.5, 0.6) is 0 Å². The molecule has 4 heteroatoms. The smallest absolute Gasteiger partial charge is 0.168 e. The summed E-state index contributed by atoms with van der Waals surface area (Å²) in [6.07, 6.45) is 0.961. The predicted molar refractivity (Wildman–Crippen MR) is 66.2 cm³/mol. The molecule has 1 aliphatic rings. The highest BCUT2D eigenvalue weighted by Gasteiger charge is 2.25. The first-order valence-corrected chi connectivity index (χ1v) is 6.66. The van der Waals surface area contributed by atoms with E-state index in [1.54, 1.807) is 18.2 Å². The van der Waals surface area contributed by atoms with E-state index in [0.717, 1.165) is 17.9 Å². The van der Waals surface area contributed by atoms with Gasteiger partial charge in [0.05, 0.1) is 5.02 Å². The number of hydrogen-bond donors (Lipinski definition) is 0. The van der Waals surface area contributed by atoms with Gasteiger partial charge in [-0.3, -0.25) is 4.79 Å². The zero-order valence-electron chi connectivity index (χ0n) is 8.00. The molecule has 0 saturated carbocycles. The van der Waals surface area contributed by atoms with Crippen LogP contribution in [0.15, 0.2) is 18.2 Å². The first kappa shape index (κ1) is 11.3. The number of hydrogen-bond acceptors (Lipinski definition) is 2. The van der Waals surface area contributed by atoms with E-state index in [1.807, 2.05) is 11.8 Å². The van der Waals surface area contributed by atoms with Crippen LogP contribution in [0.25, 0.3) is 0 Å². The summed E-state index contributed by atoms with van der Waals surface area (Å²) < 4.78 is 0. The van der Waals surface area contributed by atoms with Gasteiger partial charge < -0.3 is 0 Å². The lowest BCUT2D eigenvalue weighted by molar-refractivity contribution is 0.0934. The van der Waals surface area contributed by atoms with Crippen LogP contribution in [-0.2, 0) is 0 Å². The van der Waals surface area contributed by atoms with Gasteiger partial charge in [0.2, 0.25) is 0 Å². The molecule has 1 aromatic rings. The molecule has 0 amide bonds. The number of thioether (sulfide) groups is 1. The summed E-state index contributed by atoms with van der Waals surface area (Å²) in [6, 6.07) is 5.05. The summed E-state index contributed by atoms with van der Waals surface area (Å²) in [7, 11) is 0. The Hall–Kier alpha value is -0.180.